The van der Waals surface area contributed by atoms with Crippen LogP contribution in [0.2, 0.25) is 0 Å². The van der Waals surface area contributed by atoms with Crippen LogP contribution in [0.25, 0.3) is 0 Å². The lowest BCUT2D eigenvalue weighted by Crippen LogP contribution is -2.42. The van der Waals surface area contributed by atoms with Crippen molar-refractivity contribution in [2.24, 2.45) is 0 Å². The summed E-state index contributed by atoms with van der Waals surface area (Å²) in [5, 5.41) is 10.2. The molecule has 3 heteroatoms. The molecule has 0 fully saturated rings. The summed E-state index contributed by atoms with van der Waals surface area (Å²) in [7, 11) is 0. The highest BCUT2D eigenvalue weighted by Gasteiger charge is 2.31. The van der Waals surface area contributed by atoms with E-state index in [1.807, 2.05) is 66.7 Å². The lowest BCUT2D eigenvalue weighted by molar-refractivity contribution is -0.124. The smallest absolute Gasteiger partial charge is 0.114 e. The topological polar surface area (TPSA) is 38.7 Å². The Morgan fingerprint density at radius 3 is 2.00 bits per heavy atom. The van der Waals surface area contributed by atoms with E-state index in [2.05, 4.69) is 0 Å². The molecule has 120 valence electrons. The Bertz CT molecular complexity index is 609. The molecule has 0 heterocycles. The zero-order valence-corrected chi connectivity index (χ0v) is 13.0. The van der Waals surface area contributed by atoms with Gasteiger partial charge in [0, 0.05) is 0 Å². The number of aliphatic hydroxyl groups excluding tert-OH is 1. The molecule has 3 nitrogen and oxygen atoms in total. The van der Waals surface area contributed by atoms with E-state index in [1.54, 1.807) is 6.08 Å². The average molecular weight is 310 g/mol. The first-order chi connectivity index (χ1) is 11.3. The molecule has 0 saturated carbocycles. The van der Waals surface area contributed by atoms with Crippen LogP contribution >= 0.6 is 0 Å². The largest absolute Gasteiger partial charge is 0.386 e. The number of benzene rings is 2. The Labute approximate surface area is 137 Å². The summed E-state index contributed by atoms with van der Waals surface area (Å²) in [6.45, 7) is 0.999. The summed E-state index contributed by atoms with van der Waals surface area (Å²) in [5.74, 6) is 0. The van der Waals surface area contributed by atoms with Crippen molar-refractivity contribution < 1.29 is 14.6 Å². The Morgan fingerprint density at radius 1 is 0.826 bits per heavy atom. The van der Waals surface area contributed by atoms with Crippen LogP contribution in [0, 0.1) is 0 Å². The third kappa shape index (κ3) is 4.52. The van der Waals surface area contributed by atoms with Gasteiger partial charge in [0.25, 0.3) is 0 Å². The van der Waals surface area contributed by atoms with Crippen molar-refractivity contribution in [3.8, 4) is 0 Å². The van der Waals surface area contributed by atoms with Gasteiger partial charge in [-0.1, -0.05) is 72.8 Å². The maximum Gasteiger partial charge on any atom is 0.114 e. The molecule has 1 aliphatic rings. The molecular formula is C20H22O3. The molecule has 3 atom stereocenters. The van der Waals surface area contributed by atoms with Gasteiger partial charge in [-0.2, -0.15) is 0 Å². The summed E-state index contributed by atoms with van der Waals surface area (Å²) in [6, 6.07) is 20.0. The zero-order chi connectivity index (χ0) is 15.9. The van der Waals surface area contributed by atoms with Gasteiger partial charge in [0.1, 0.15) is 12.2 Å². The lowest BCUT2D eigenvalue weighted by atomic mass is 9.98. The third-order valence-electron chi connectivity index (χ3n) is 4.00. The Morgan fingerprint density at radius 2 is 1.39 bits per heavy atom. The van der Waals surface area contributed by atoms with E-state index in [0.29, 0.717) is 13.2 Å². The first-order valence-electron chi connectivity index (χ1n) is 7.99. The van der Waals surface area contributed by atoms with E-state index in [0.717, 1.165) is 17.5 Å². The molecule has 0 radical (unpaired) electrons. The Hall–Kier alpha value is -1.94. The predicted molar refractivity (Wildman–Crippen MR) is 89.8 cm³/mol. The van der Waals surface area contributed by atoms with Gasteiger partial charge in [0.05, 0.1) is 19.3 Å². The number of ether oxygens (including phenoxy) is 2. The molecular weight excluding hydrogens is 288 g/mol. The highest BCUT2D eigenvalue weighted by Crippen LogP contribution is 2.22. The van der Waals surface area contributed by atoms with E-state index < -0.39 is 6.10 Å². The van der Waals surface area contributed by atoms with Crippen LogP contribution in [0.5, 0.6) is 0 Å². The van der Waals surface area contributed by atoms with E-state index in [9.17, 15) is 5.11 Å². The monoisotopic (exact) mass is 310 g/mol. The average Bonchev–Trinajstić information content (AvgIpc) is 2.61. The van der Waals surface area contributed by atoms with Crippen LogP contribution in [0.1, 0.15) is 17.5 Å². The van der Waals surface area contributed by atoms with Gasteiger partial charge in [-0.3, -0.25) is 0 Å². The summed E-state index contributed by atoms with van der Waals surface area (Å²) in [4.78, 5) is 0. The molecule has 2 aromatic carbocycles. The van der Waals surface area contributed by atoms with E-state index >= 15 is 0 Å². The summed E-state index contributed by atoms with van der Waals surface area (Å²) < 4.78 is 12.0. The van der Waals surface area contributed by atoms with Crippen molar-refractivity contribution in [2.75, 3.05) is 0 Å². The summed E-state index contributed by atoms with van der Waals surface area (Å²) in [5.41, 5.74) is 2.22. The number of rotatable bonds is 6. The minimum absolute atomic E-state index is 0.140. The van der Waals surface area contributed by atoms with Crippen molar-refractivity contribution in [1.29, 1.82) is 0 Å². The second kappa shape index (κ2) is 8.06. The molecule has 0 amide bonds. The minimum atomic E-state index is -0.631. The molecule has 1 N–H and O–H groups in total. The Kier molecular flexibility index (Phi) is 5.59. The van der Waals surface area contributed by atoms with Gasteiger partial charge >= 0.3 is 0 Å². The molecule has 23 heavy (non-hydrogen) atoms. The molecule has 1 aliphatic carbocycles. The maximum absolute atomic E-state index is 10.2. The van der Waals surface area contributed by atoms with Crippen LogP contribution in [0.15, 0.2) is 72.8 Å². The fourth-order valence-corrected chi connectivity index (χ4v) is 2.73. The molecule has 3 rings (SSSR count). The van der Waals surface area contributed by atoms with Gasteiger partial charge in [0.15, 0.2) is 0 Å². The highest BCUT2D eigenvalue weighted by atomic mass is 16.5. The standard InChI is InChI=1S/C20H22O3/c21-18-12-7-13-19(22-14-16-8-3-1-4-9-16)20(18)23-15-17-10-5-2-6-11-17/h1-12,18-21H,13-15H2/t18-,19+,20+/m0/s1. The van der Waals surface area contributed by atoms with Gasteiger partial charge in [-0.25, -0.2) is 0 Å². The number of hydrogen-bond acceptors (Lipinski definition) is 3. The first-order valence-corrected chi connectivity index (χ1v) is 7.99. The SMILES string of the molecule is O[C@H]1C=CC[C@@H](OCc2ccccc2)[C@@H]1OCc1ccccc1. The van der Waals surface area contributed by atoms with Crippen LogP contribution in [-0.4, -0.2) is 23.4 Å². The second-order valence-electron chi connectivity index (χ2n) is 5.75. The second-order valence-corrected chi connectivity index (χ2v) is 5.75. The van der Waals surface area contributed by atoms with Crippen molar-refractivity contribution in [1.82, 2.24) is 0 Å². The molecule has 0 spiro atoms. The molecule has 2 aromatic rings. The fourth-order valence-electron chi connectivity index (χ4n) is 2.73. The van der Waals surface area contributed by atoms with Gasteiger partial charge in [0.2, 0.25) is 0 Å². The lowest BCUT2D eigenvalue weighted by Gasteiger charge is -2.32. The van der Waals surface area contributed by atoms with Crippen LogP contribution in [-0.2, 0) is 22.7 Å². The highest BCUT2D eigenvalue weighted by molar-refractivity contribution is 5.15. The van der Waals surface area contributed by atoms with Crippen molar-refractivity contribution in [3.05, 3.63) is 83.9 Å². The minimum Gasteiger partial charge on any atom is -0.386 e. The van der Waals surface area contributed by atoms with Crippen LogP contribution in [0.4, 0.5) is 0 Å². The van der Waals surface area contributed by atoms with Crippen molar-refractivity contribution >= 4 is 0 Å². The number of hydrogen-bond donors (Lipinski definition) is 1. The van der Waals surface area contributed by atoms with Crippen LogP contribution in [0.3, 0.4) is 0 Å². The van der Waals surface area contributed by atoms with Gasteiger partial charge in [-0.05, 0) is 17.5 Å². The van der Waals surface area contributed by atoms with E-state index in [-0.39, 0.29) is 12.2 Å². The summed E-state index contributed by atoms with van der Waals surface area (Å²) >= 11 is 0. The zero-order valence-electron chi connectivity index (χ0n) is 13.0. The van der Waals surface area contributed by atoms with Gasteiger partial charge < -0.3 is 14.6 Å². The maximum atomic E-state index is 10.2. The third-order valence-corrected chi connectivity index (χ3v) is 4.00. The van der Waals surface area contributed by atoms with Gasteiger partial charge in [-0.15, -0.1) is 0 Å². The molecule has 0 saturated heterocycles. The predicted octanol–water partition coefficient (Wildman–Crippen LogP) is 3.48. The Balaban J connectivity index is 1.59. The molecule has 0 bridgehead atoms. The van der Waals surface area contributed by atoms with Crippen molar-refractivity contribution in [2.45, 2.75) is 37.9 Å². The normalized spacial score (nSPS) is 23.8. The van der Waals surface area contributed by atoms with E-state index in [1.165, 1.54) is 0 Å². The van der Waals surface area contributed by atoms with Crippen LogP contribution < -0.4 is 0 Å². The first kappa shape index (κ1) is 15.9. The van der Waals surface area contributed by atoms with Crippen molar-refractivity contribution in [3.63, 3.8) is 0 Å². The molecule has 0 aromatic heterocycles. The molecule has 0 unspecified atom stereocenters. The molecule has 0 aliphatic heterocycles. The fraction of sp³-hybridized carbons (Fsp3) is 0.300. The number of aliphatic hydroxyl groups is 1. The quantitative estimate of drug-likeness (QED) is 0.830. The summed E-state index contributed by atoms with van der Waals surface area (Å²) in [6.07, 6.45) is 3.39. The van der Waals surface area contributed by atoms with E-state index in [4.69, 9.17) is 9.47 Å².